The topological polar surface area (TPSA) is 105 Å². The van der Waals surface area contributed by atoms with Crippen molar-refractivity contribution in [2.75, 3.05) is 7.11 Å². The minimum absolute atomic E-state index is 0.0384. The number of methoxy groups -OCH3 is 1. The fourth-order valence-electron chi connectivity index (χ4n) is 4.40. The molecule has 220 valence electrons. The van der Waals surface area contributed by atoms with Gasteiger partial charge < -0.3 is 23.7 Å². The third-order valence-electron chi connectivity index (χ3n) is 6.45. The van der Waals surface area contributed by atoms with E-state index in [0.717, 1.165) is 28.0 Å². The summed E-state index contributed by atoms with van der Waals surface area (Å²) in [7, 11) is 1.61. The Balaban J connectivity index is 1.24. The Morgan fingerprint density at radius 1 is 0.512 bits per heavy atom. The summed E-state index contributed by atoms with van der Waals surface area (Å²) in [6.07, 6.45) is -0.0438. The van der Waals surface area contributed by atoms with E-state index in [4.69, 9.17) is 18.9 Å². The molecule has 0 spiro atoms. The second-order valence-electron chi connectivity index (χ2n) is 10.1. The Morgan fingerprint density at radius 2 is 0.837 bits per heavy atom. The number of esters is 3. The first-order valence-electron chi connectivity index (χ1n) is 13.7. The van der Waals surface area contributed by atoms with Gasteiger partial charge in [0.25, 0.3) is 0 Å². The number of hydrogen-bond donors (Lipinski definition) is 0. The molecule has 0 aliphatic carbocycles. The van der Waals surface area contributed by atoms with Gasteiger partial charge in [-0.25, -0.2) is 0 Å². The second-order valence-corrected chi connectivity index (χ2v) is 10.1. The molecule has 0 aromatic heterocycles. The molecule has 0 heterocycles. The summed E-state index contributed by atoms with van der Waals surface area (Å²) in [5.41, 5.74) is 3.64. The van der Waals surface area contributed by atoms with Crippen molar-refractivity contribution in [1.82, 2.24) is 0 Å². The predicted molar refractivity (Wildman–Crippen MR) is 161 cm³/mol. The molecule has 4 aromatic rings. The standard InChI is InChI=1S/C35H32O8/c1-23(20-24(2)36)21-33(37)41-30-14-6-27(7-15-30)28-10-18-32(19-11-28)43-35(39)22-34(38)42-31-16-8-26(9-17-31)25-4-12-29(40-3)13-5-25/h4-19,23H,20-22H2,1-3H3. The highest BCUT2D eigenvalue weighted by Gasteiger charge is 2.15. The van der Waals surface area contributed by atoms with Gasteiger partial charge >= 0.3 is 17.9 Å². The lowest BCUT2D eigenvalue weighted by atomic mass is 10.0. The lowest BCUT2D eigenvalue weighted by Crippen LogP contribution is -2.18. The zero-order valence-corrected chi connectivity index (χ0v) is 24.2. The maximum atomic E-state index is 12.3. The number of hydrogen-bond acceptors (Lipinski definition) is 8. The zero-order valence-electron chi connectivity index (χ0n) is 24.2. The molecular formula is C35H32O8. The monoisotopic (exact) mass is 580 g/mol. The normalized spacial score (nSPS) is 11.2. The molecule has 8 nitrogen and oxygen atoms in total. The summed E-state index contributed by atoms with van der Waals surface area (Å²) in [4.78, 5) is 47.9. The molecule has 43 heavy (non-hydrogen) atoms. The van der Waals surface area contributed by atoms with Crippen LogP contribution in [0, 0.1) is 5.92 Å². The van der Waals surface area contributed by atoms with Gasteiger partial charge in [-0.15, -0.1) is 0 Å². The van der Waals surface area contributed by atoms with Crippen LogP contribution in [0.4, 0.5) is 0 Å². The Hall–Kier alpha value is -5.24. The van der Waals surface area contributed by atoms with Gasteiger partial charge in [0.1, 0.15) is 35.2 Å². The molecule has 4 rings (SSSR count). The van der Waals surface area contributed by atoms with E-state index in [9.17, 15) is 19.2 Å². The quantitative estimate of drug-likeness (QED) is 0.102. The van der Waals surface area contributed by atoms with Crippen LogP contribution in [0.15, 0.2) is 97.1 Å². The molecule has 0 N–H and O–H groups in total. The third kappa shape index (κ3) is 9.39. The zero-order chi connectivity index (χ0) is 30.8. The van der Waals surface area contributed by atoms with Crippen LogP contribution in [0.2, 0.25) is 0 Å². The van der Waals surface area contributed by atoms with Gasteiger partial charge in [-0.3, -0.25) is 14.4 Å². The van der Waals surface area contributed by atoms with Crippen LogP contribution in [0.5, 0.6) is 23.0 Å². The van der Waals surface area contributed by atoms with Crippen molar-refractivity contribution in [3.63, 3.8) is 0 Å². The molecule has 0 fully saturated rings. The van der Waals surface area contributed by atoms with Crippen LogP contribution < -0.4 is 18.9 Å². The molecule has 1 atom stereocenters. The van der Waals surface area contributed by atoms with Gasteiger partial charge in [-0.05, 0) is 83.6 Å². The number of carbonyl (C=O) groups is 4. The van der Waals surface area contributed by atoms with E-state index in [1.165, 1.54) is 6.92 Å². The molecule has 0 aliphatic rings. The first-order valence-corrected chi connectivity index (χ1v) is 13.7. The van der Waals surface area contributed by atoms with Crippen LogP contribution in [0.3, 0.4) is 0 Å². The Kier molecular flexibility index (Phi) is 10.4. The van der Waals surface area contributed by atoms with Crippen LogP contribution in [0.25, 0.3) is 22.3 Å². The maximum absolute atomic E-state index is 12.3. The second kappa shape index (κ2) is 14.6. The summed E-state index contributed by atoms with van der Waals surface area (Å²) >= 11 is 0. The molecule has 1 unspecified atom stereocenters. The minimum Gasteiger partial charge on any atom is -0.497 e. The number of ketones is 1. The number of benzene rings is 4. The molecule has 0 aliphatic heterocycles. The highest BCUT2D eigenvalue weighted by molar-refractivity contribution is 5.93. The van der Waals surface area contributed by atoms with Crippen molar-refractivity contribution in [3.05, 3.63) is 97.1 Å². The largest absolute Gasteiger partial charge is 0.497 e. The highest BCUT2D eigenvalue weighted by Crippen LogP contribution is 2.26. The fourth-order valence-corrected chi connectivity index (χ4v) is 4.40. The number of carbonyl (C=O) groups excluding carboxylic acids is 4. The lowest BCUT2D eigenvalue weighted by Gasteiger charge is -2.10. The highest BCUT2D eigenvalue weighted by atomic mass is 16.6. The number of rotatable bonds is 12. The average Bonchev–Trinajstić information content (AvgIpc) is 2.98. The fraction of sp³-hybridized carbons (Fsp3) is 0.200. The number of Topliss-reactive ketones (excluding diaryl/α,β-unsaturated/α-hetero) is 1. The van der Waals surface area contributed by atoms with Gasteiger partial charge in [-0.2, -0.15) is 0 Å². The van der Waals surface area contributed by atoms with E-state index in [1.807, 2.05) is 55.5 Å². The molecule has 0 amide bonds. The van der Waals surface area contributed by atoms with Crippen molar-refractivity contribution >= 4 is 23.7 Å². The van der Waals surface area contributed by atoms with Crippen LogP contribution in [-0.2, 0) is 19.2 Å². The molecule has 4 aromatic carbocycles. The van der Waals surface area contributed by atoms with Crippen molar-refractivity contribution in [2.24, 2.45) is 5.92 Å². The first-order chi connectivity index (χ1) is 20.7. The van der Waals surface area contributed by atoms with Crippen LogP contribution in [0.1, 0.15) is 33.1 Å². The Bertz CT molecular complexity index is 1550. The minimum atomic E-state index is -0.739. The summed E-state index contributed by atoms with van der Waals surface area (Å²) in [5.74, 6) is -0.114. The number of ether oxygens (including phenoxy) is 4. The van der Waals surface area contributed by atoms with E-state index in [1.54, 1.807) is 55.6 Å². The van der Waals surface area contributed by atoms with E-state index in [-0.39, 0.29) is 29.8 Å². The first kappa shape index (κ1) is 30.7. The van der Waals surface area contributed by atoms with E-state index in [0.29, 0.717) is 17.9 Å². The summed E-state index contributed by atoms with van der Waals surface area (Å²) < 4.78 is 21.1. The van der Waals surface area contributed by atoms with Gasteiger partial charge in [-0.1, -0.05) is 55.5 Å². The van der Waals surface area contributed by atoms with Crippen molar-refractivity contribution in [3.8, 4) is 45.3 Å². The molecular weight excluding hydrogens is 548 g/mol. The molecule has 0 saturated heterocycles. The average molecular weight is 581 g/mol. The van der Waals surface area contributed by atoms with Crippen molar-refractivity contribution in [2.45, 2.75) is 33.1 Å². The predicted octanol–water partition coefficient (Wildman–Crippen LogP) is 6.84. The van der Waals surface area contributed by atoms with Gasteiger partial charge in [0.15, 0.2) is 0 Å². The smallest absolute Gasteiger partial charge is 0.322 e. The molecule has 0 saturated carbocycles. The van der Waals surface area contributed by atoms with Gasteiger partial charge in [0, 0.05) is 12.8 Å². The van der Waals surface area contributed by atoms with E-state index in [2.05, 4.69) is 0 Å². The van der Waals surface area contributed by atoms with Crippen LogP contribution in [-0.4, -0.2) is 30.8 Å². The third-order valence-corrected chi connectivity index (χ3v) is 6.45. The van der Waals surface area contributed by atoms with Gasteiger partial charge in [0.2, 0.25) is 0 Å². The van der Waals surface area contributed by atoms with E-state index < -0.39 is 18.4 Å². The summed E-state index contributed by atoms with van der Waals surface area (Å²) in [6, 6.07) is 28.4. The lowest BCUT2D eigenvalue weighted by molar-refractivity contribution is -0.144. The van der Waals surface area contributed by atoms with Crippen molar-refractivity contribution < 1.29 is 38.1 Å². The van der Waals surface area contributed by atoms with Gasteiger partial charge in [0.05, 0.1) is 7.11 Å². The summed E-state index contributed by atoms with van der Waals surface area (Å²) in [5, 5.41) is 0. The molecule has 8 heteroatoms. The van der Waals surface area contributed by atoms with E-state index >= 15 is 0 Å². The molecule has 0 radical (unpaired) electrons. The SMILES string of the molecule is COc1ccc(-c2ccc(OC(=O)CC(=O)Oc3ccc(-c4ccc(OC(=O)CC(C)CC(C)=O)cc4)cc3)cc2)cc1. The van der Waals surface area contributed by atoms with Crippen molar-refractivity contribution in [1.29, 1.82) is 0 Å². The maximum Gasteiger partial charge on any atom is 0.322 e. The van der Waals surface area contributed by atoms with Crippen LogP contribution >= 0.6 is 0 Å². The Labute approximate surface area is 250 Å². The molecule has 0 bridgehead atoms. The Morgan fingerprint density at radius 3 is 1.16 bits per heavy atom. The summed E-state index contributed by atoms with van der Waals surface area (Å²) in [6.45, 7) is 3.34.